The van der Waals surface area contributed by atoms with Crippen molar-refractivity contribution in [1.82, 2.24) is 10.2 Å². The van der Waals surface area contributed by atoms with Crippen LogP contribution in [0.2, 0.25) is 0 Å². The highest BCUT2D eigenvalue weighted by molar-refractivity contribution is 8.02. The molecule has 1 fully saturated rings. The van der Waals surface area contributed by atoms with Crippen LogP contribution in [0.3, 0.4) is 0 Å². The third kappa shape index (κ3) is 4.64. The van der Waals surface area contributed by atoms with Crippen molar-refractivity contribution in [2.75, 3.05) is 16.8 Å². The molecule has 1 aromatic carbocycles. The summed E-state index contributed by atoms with van der Waals surface area (Å²) in [5.74, 6) is -2.05. The average molecular weight is 405 g/mol. The van der Waals surface area contributed by atoms with Crippen molar-refractivity contribution in [3.8, 4) is 0 Å². The number of thioether (sulfide) groups is 1. The van der Waals surface area contributed by atoms with Gasteiger partial charge in [-0.15, -0.1) is 10.2 Å². The molecule has 2 amide bonds. The number of carboxylic acid groups (broad SMARTS) is 1. The van der Waals surface area contributed by atoms with Crippen LogP contribution < -0.4 is 15.3 Å². The van der Waals surface area contributed by atoms with Crippen LogP contribution in [0.1, 0.15) is 19.8 Å². The molecule has 1 saturated heterocycles. The molecule has 2 heterocycles. The van der Waals surface area contributed by atoms with Crippen LogP contribution in [0.5, 0.6) is 0 Å². The predicted molar refractivity (Wildman–Crippen MR) is 100 cm³/mol. The molecule has 0 bridgehead atoms. The molecular weight excluding hydrogens is 388 g/mol. The highest BCUT2D eigenvalue weighted by Crippen LogP contribution is 2.31. The zero-order valence-electron chi connectivity index (χ0n) is 14.5. The fourth-order valence-corrected chi connectivity index (χ4v) is 4.53. The molecule has 0 radical (unpaired) electrons. The van der Waals surface area contributed by atoms with Gasteiger partial charge in [-0.2, -0.15) is 0 Å². The summed E-state index contributed by atoms with van der Waals surface area (Å²) in [6.45, 7) is 2.05. The number of para-hydroxylation sites is 1. The maximum atomic E-state index is 12.5. The number of carbonyl (C=O) groups excluding carboxylic acids is 3. The topological polar surface area (TPSA) is 115 Å². The van der Waals surface area contributed by atoms with Gasteiger partial charge in [0.2, 0.25) is 16.9 Å². The van der Waals surface area contributed by atoms with E-state index in [1.165, 1.54) is 0 Å². The lowest BCUT2D eigenvalue weighted by Gasteiger charge is -2.16. The lowest BCUT2D eigenvalue weighted by atomic mass is 10.1. The average Bonchev–Trinajstić information content (AvgIpc) is 3.26. The number of carbonyl (C=O) groups is 3. The molecule has 3 rings (SSSR count). The van der Waals surface area contributed by atoms with Crippen molar-refractivity contribution in [3.05, 3.63) is 30.3 Å². The molecular formula is C17H17N4O4S2-. The number of hydrogen-bond acceptors (Lipinski definition) is 8. The molecule has 2 aromatic rings. The van der Waals surface area contributed by atoms with E-state index in [9.17, 15) is 19.5 Å². The smallest absolute Gasteiger partial charge is 0.231 e. The van der Waals surface area contributed by atoms with Gasteiger partial charge in [0.05, 0.1) is 17.1 Å². The van der Waals surface area contributed by atoms with E-state index in [0.29, 0.717) is 17.3 Å². The summed E-state index contributed by atoms with van der Waals surface area (Å²) in [7, 11) is 0. The minimum Gasteiger partial charge on any atom is -0.549 e. The molecule has 1 aromatic heterocycles. The fraction of sp³-hybridized carbons (Fsp3) is 0.353. The normalized spacial score (nSPS) is 17.7. The number of nitrogens with one attached hydrogen (secondary N) is 1. The largest absolute Gasteiger partial charge is 0.549 e. The van der Waals surface area contributed by atoms with Crippen molar-refractivity contribution in [2.45, 2.75) is 29.4 Å². The maximum Gasteiger partial charge on any atom is 0.231 e. The number of carboxylic acids is 1. The number of benzene rings is 1. The Morgan fingerprint density at radius 2 is 2.11 bits per heavy atom. The predicted octanol–water partition coefficient (Wildman–Crippen LogP) is 1.15. The SMILES string of the molecule is CC[C@H](Sc1nnc(NC(=O)[C@@H]2CC(=O)N(c3ccccc3)C2)s1)C(=O)[O-]. The zero-order valence-corrected chi connectivity index (χ0v) is 16.1. The number of amides is 2. The van der Waals surface area contributed by atoms with Crippen molar-refractivity contribution in [1.29, 1.82) is 0 Å². The number of hydrogen-bond donors (Lipinski definition) is 1. The number of aliphatic carboxylic acids is 1. The molecule has 0 aliphatic carbocycles. The second-order valence-corrected chi connectivity index (χ2v) is 8.36. The summed E-state index contributed by atoms with van der Waals surface area (Å²) in [5.41, 5.74) is 0.764. The first-order valence-corrected chi connectivity index (χ1v) is 10.0. The molecule has 10 heteroatoms. The van der Waals surface area contributed by atoms with Gasteiger partial charge in [0, 0.05) is 18.7 Å². The Morgan fingerprint density at radius 1 is 1.37 bits per heavy atom. The Hall–Kier alpha value is -2.46. The van der Waals surface area contributed by atoms with Gasteiger partial charge in [-0.3, -0.25) is 9.59 Å². The van der Waals surface area contributed by atoms with Crippen molar-refractivity contribution in [2.24, 2.45) is 5.92 Å². The van der Waals surface area contributed by atoms with Gasteiger partial charge in [-0.05, 0) is 18.6 Å². The Kier molecular flexibility index (Phi) is 6.07. The van der Waals surface area contributed by atoms with E-state index >= 15 is 0 Å². The van der Waals surface area contributed by atoms with Crippen molar-refractivity contribution < 1.29 is 19.5 Å². The summed E-state index contributed by atoms with van der Waals surface area (Å²) < 4.78 is 0.440. The van der Waals surface area contributed by atoms with Gasteiger partial charge in [0.1, 0.15) is 0 Å². The number of rotatable bonds is 7. The minimum absolute atomic E-state index is 0.102. The molecule has 1 N–H and O–H groups in total. The molecule has 1 aliphatic rings. The van der Waals surface area contributed by atoms with Gasteiger partial charge >= 0.3 is 0 Å². The molecule has 0 saturated carbocycles. The summed E-state index contributed by atoms with van der Waals surface area (Å²) in [6, 6.07) is 9.20. The third-order valence-corrected chi connectivity index (χ3v) is 6.34. The van der Waals surface area contributed by atoms with Crippen LogP contribution in [0.15, 0.2) is 34.7 Å². The van der Waals surface area contributed by atoms with Crippen LogP contribution in [-0.4, -0.2) is 39.8 Å². The van der Waals surface area contributed by atoms with Crippen LogP contribution >= 0.6 is 23.1 Å². The second kappa shape index (κ2) is 8.49. The number of nitrogens with zero attached hydrogens (tertiary/aromatic N) is 3. The Bertz CT molecular complexity index is 842. The van der Waals surface area contributed by atoms with Gasteiger partial charge in [0.25, 0.3) is 0 Å². The third-order valence-electron chi connectivity index (χ3n) is 4.08. The van der Waals surface area contributed by atoms with E-state index in [0.717, 1.165) is 28.8 Å². The Balaban J connectivity index is 1.60. The summed E-state index contributed by atoms with van der Waals surface area (Å²) in [5, 5.41) is 21.0. The lowest BCUT2D eigenvalue weighted by Crippen LogP contribution is -2.32. The van der Waals surface area contributed by atoms with E-state index in [2.05, 4.69) is 15.5 Å². The second-order valence-electron chi connectivity index (χ2n) is 5.94. The maximum absolute atomic E-state index is 12.5. The summed E-state index contributed by atoms with van der Waals surface area (Å²) in [4.78, 5) is 37.3. The van der Waals surface area contributed by atoms with E-state index in [-0.39, 0.29) is 23.4 Å². The van der Waals surface area contributed by atoms with Crippen molar-refractivity contribution in [3.63, 3.8) is 0 Å². The van der Waals surface area contributed by atoms with E-state index in [1.807, 2.05) is 30.3 Å². The molecule has 142 valence electrons. The lowest BCUT2D eigenvalue weighted by molar-refractivity contribution is -0.304. The van der Waals surface area contributed by atoms with Crippen LogP contribution in [0, 0.1) is 5.92 Å². The van der Waals surface area contributed by atoms with Crippen LogP contribution in [0.25, 0.3) is 0 Å². The fourth-order valence-electron chi connectivity index (χ4n) is 2.68. The van der Waals surface area contributed by atoms with Gasteiger partial charge in [-0.1, -0.05) is 48.2 Å². The highest BCUT2D eigenvalue weighted by Gasteiger charge is 2.35. The monoisotopic (exact) mass is 405 g/mol. The minimum atomic E-state index is -1.16. The standard InChI is InChI=1S/C17H18N4O4S2/c1-2-12(15(24)25)26-17-20-19-16(27-17)18-14(23)10-8-13(22)21(9-10)11-6-4-3-5-7-11/h3-7,10,12H,2,8-9H2,1H3,(H,24,25)(H,18,19,23)/p-1/t10-,12+/m1/s1. The Morgan fingerprint density at radius 3 is 2.78 bits per heavy atom. The first-order valence-electron chi connectivity index (χ1n) is 8.35. The molecule has 27 heavy (non-hydrogen) atoms. The Labute approximate surface area is 164 Å². The van der Waals surface area contributed by atoms with Gasteiger partial charge in [0.15, 0.2) is 4.34 Å². The van der Waals surface area contributed by atoms with E-state index < -0.39 is 17.1 Å². The number of aromatic nitrogens is 2. The highest BCUT2D eigenvalue weighted by atomic mass is 32.2. The van der Waals surface area contributed by atoms with Gasteiger partial charge < -0.3 is 20.1 Å². The summed E-state index contributed by atoms with van der Waals surface area (Å²) >= 11 is 2.14. The molecule has 0 spiro atoms. The first kappa shape index (κ1) is 19.3. The van der Waals surface area contributed by atoms with Crippen LogP contribution in [-0.2, 0) is 14.4 Å². The molecule has 0 unspecified atom stereocenters. The van der Waals surface area contributed by atoms with Crippen molar-refractivity contribution >= 4 is 51.7 Å². The summed E-state index contributed by atoms with van der Waals surface area (Å²) in [6.07, 6.45) is 0.525. The number of anilines is 2. The first-order chi connectivity index (χ1) is 13.0. The van der Waals surface area contributed by atoms with Gasteiger partial charge in [-0.25, -0.2) is 0 Å². The zero-order chi connectivity index (χ0) is 19.4. The molecule has 8 nitrogen and oxygen atoms in total. The quantitative estimate of drug-likeness (QED) is 0.543. The van der Waals surface area contributed by atoms with E-state index in [4.69, 9.17) is 0 Å². The molecule has 1 aliphatic heterocycles. The van der Waals surface area contributed by atoms with E-state index in [1.54, 1.807) is 11.8 Å². The van der Waals surface area contributed by atoms with Crippen LogP contribution in [0.4, 0.5) is 10.8 Å². The molecule has 2 atom stereocenters.